The maximum Gasteiger partial charge on any atom is 0.279 e. The molecule has 0 bridgehead atoms. The van der Waals surface area contributed by atoms with E-state index in [1.807, 2.05) is 48.5 Å². The monoisotopic (exact) mass is 575 g/mol. The van der Waals surface area contributed by atoms with Crippen molar-refractivity contribution in [3.8, 4) is 10.6 Å². The van der Waals surface area contributed by atoms with Crippen LogP contribution in [0, 0.1) is 0 Å². The van der Waals surface area contributed by atoms with Crippen LogP contribution in [0.25, 0.3) is 10.6 Å². The lowest BCUT2D eigenvalue weighted by atomic mass is 10.2. The van der Waals surface area contributed by atoms with Crippen LogP contribution in [0.4, 0.5) is 5.69 Å². The van der Waals surface area contributed by atoms with Crippen molar-refractivity contribution >= 4 is 62.3 Å². The predicted octanol–water partition coefficient (Wildman–Crippen LogP) is 7.34. The Bertz CT molecular complexity index is 1630. The number of nitrogens with zero attached hydrogens (tertiary/aromatic N) is 1. The number of amides is 1. The molecule has 0 aliphatic rings. The maximum absolute atomic E-state index is 14.1. The zero-order valence-electron chi connectivity index (χ0n) is 21.4. The van der Waals surface area contributed by atoms with Gasteiger partial charge >= 0.3 is 0 Å². The number of anilines is 1. The highest BCUT2D eigenvalue weighted by Crippen LogP contribution is 2.56. The molecular formula is C34H25ClN2OPS+. The van der Waals surface area contributed by atoms with Gasteiger partial charge in [-0.05, 0) is 60.7 Å². The molecule has 0 aliphatic carbocycles. The molecule has 0 atom stereocenters. The molecule has 6 heteroatoms. The van der Waals surface area contributed by atoms with Gasteiger partial charge in [0.25, 0.3) is 5.91 Å². The number of carbonyl (C=O) groups is 1. The van der Waals surface area contributed by atoms with Crippen molar-refractivity contribution in [1.29, 1.82) is 0 Å². The molecule has 6 rings (SSSR count). The third kappa shape index (κ3) is 4.98. The van der Waals surface area contributed by atoms with Crippen LogP contribution in [0.5, 0.6) is 0 Å². The Morgan fingerprint density at radius 1 is 0.625 bits per heavy atom. The number of nitrogens with one attached hydrogen (secondary N) is 1. The van der Waals surface area contributed by atoms with Crippen LogP contribution in [0.1, 0.15) is 10.5 Å². The minimum absolute atomic E-state index is 0.247. The molecule has 0 spiro atoms. The second-order valence-electron chi connectivity index (χ2n) is 9.18. The van der Waals surface area contributed by atoms with E-state index < -0.39 is 7.26 Å². The molecule has 0 aliphatic heterocycles. The number of hydrogen-bond acceptors (Lipinski definition) is 3. The summed E-state index contributed by atoms with van der Waals surface area (Å²) in [7, 11) is -2.54. The molecule has 0 radical (unpaired) electrons. The molecule has 3 nitrogen and oxygen atoms in total. The summed E-state index contributed by atoms with van der Waals surface area (Å²) in [6.07, 6.45) is 0. The van der Waals surface area contributed by atoms with E-state index in [0.29, 0.717) is 16.4 Å². The summed E-state index contributed by atoms with van der Waals surface area (Å²) in [4.78, 5) is 19.2. The van der Waals surface area contributed by atoms with Crippen molar-refractivity contribution in [1.82, 2.24) is 4.98 Å². The van der Waals surface area contributed by atoms with E-state index in [2.05, 4.69) is 78.1 Å². The van der Waals surface area contributed by atoms with Crippen LogP contribution in [0.3, 0.4) is 0 Å². The molecule has 1 heterocycles. The first-order valence-electron chi connectivity index (χ1n) is 12.9. The second kappa shape index (κ2) is 11.6. The first-order valence-corrected chi connectivity index (χ1v) is 15.8. The Morgan fingerprint density at radius 2 is 1.07 bits per heavy atom. The number of carbonyl (C=O) groups excluding carboxylic acids is 1. The Kier molecular flexibility index (Phi) is 7.57. The largest absolute Gasteiger partial charge is 0.320 e. The molecular weight excluding hydrogens is 551 g/mol. The summed E-state index contributed by atoms with van der Waals surface area (Å²) in [5.74, 6) is -0.247. The van der Waals surface area contributed by atoms with Gasteiger partial charge in [0, 0.05) is 16.3 Å². The topological polar surface area (TPSA) is 42.0 Å². The number of benzene rings is 5. The van der Waals surface area contributed by atoms with Gasteiger partial charge in [0.05, 0.1) is 0 Å². The number of rotatable bonds is 7. The fraction of sp³-hybridized carbons (Fsp3) is 0. The zero-order chi connectivity index (χ0) is 27.4. The summed E-state index contributed by atoms with van der Waals surface area (Å²) < 4.78 is 0.960. The van der Waals surface area contributed by atoms with Gasteiger partial charge in [-0.1, -0.05) is 108 Å². The molecule has 1 amide bonds. The van der Waals surface area contributed by atoms with E-state index in [1.165, 1.54) is 0 Å². The van der Waals surface area contributed by atoms with Gasteiger partial charge in [-0.25, -0.2) is 4.98 Å². The van der Waals surface area contributed by atoms with Crippen molar-refractivity contribution < 1.29 is 4.79 Å². The van der Waals surface area contributed by atoms with Crippen LogP contribution in [-0.4, -0.2) is 10.9 Å². The summed E-state index contributed by atoms with van der Waals surface area (Å²) >= 11 is 7.71. The van der Waals surface area contributed by atoms with Gasteiger partial charge < -0.3 is 5.32 Å². The normalized spacial score (nSPS) is 11.2. The van der Waals surface area contributed by atoms with Gasteiger partial charge in [-0.3, -0.25) is 4.79 Å². The minimum atomic E-state index is -2.54. The van der Waals surface area contributed by atoms with E-state index in [0.717, 1.165) is 31.1 Å². The Morgan fingerprint density at radius 3 is 1.55 bits per heavy atom. The maximum atomic E-state index is 14.1. The minimum Gasteiger partial charge on any atom is -0.320 e. The number of thiazole rings is 1. The lowest BCUT2D eigenvalue weighted by Gasteiger charge is -2.26. The average Bonchev–Trinajstić information content (AvgIpc) is 3.47. The molecule has 1 N–H and O–H groups in total. The first kappa shape index (κ1) is 26.2. The van der Waals surface area contributed by atoms with Crippen LogP contribution in [0.2, 0.25) is 5.02 Å². The highest BCUT2D eigenvalue weighted by molar-refractivity contribution is 8.04. The summed E-state index contributed by atoms with van der Waals surface area (Å²) in [5, 5.41) is 7.99. The van der Waals surface area contributed by atoms with Crippen molar-refractivity contribution in [3.63, 3.8) is 0 Å². The van der Waals surface area contributed by atoms with Crippen LogP contribution in [-0.2, 0) is 0 Å². The molecule has 0 saturated heterocycles. The van der Waals surface area contributed by atoms with Crippen LogP contribution < -0.4 is 25.8 Å². The fourth-order valence-electron chi connectivity index (χ4n) is 4.87. The summed E-state index contributed by atoms with van der Waals surface area (Å²) in [6, 6.07) is 48.8. The van der Waals surface area contributed by atoms with Gasteiger partial charge in [0.1, 0.15) is 20.9 Å². The Labute approximate surface area is 243 Å². The molecule has 0 saturated carbocycles. The standard InChI is InChI=1S/C34H24ClN2OPS/c35-26-21-23-27(24-22-26)36-32(38)31-34(40-33(37-31)25-13-5-1-6-14-25)39(28-15-7-2-8-16-28,29-17-9-3-10-18-29)30-19-11-4-12-20-30/h1-24H/p+1. The number of aromatic nitrogens is 1. The Hall–Kier alpha value is -4.08. The highest BCUT2D eigenvalue weighted by Gasteiger charge is 2.52. The third-order valence-electron chi connectivity index (χ3n) is 6.68. The van der Waals surface area contributed by atoms with Gasteiger partial charge in [-0.15, -0.1) is 0 Å². The third-order valence-corrected chi connectivity index (χ3v) is 13.0. The smallest absolute Gasteiger partial charge is 0.279 e. The fourth-order valence-corrected chi connectivity index (χ4v) is 11.5. The molecule has 1 aromatic heterocycles. The van der Waals surface area contributed by atoms with Crippen molar-refractivity contribution in [2.45, 2.75) is 0 Å². The number of halogens is 1. The second-order valence-corrected chi connectivity index (χ2v) is 14.3. The van der Waals surface area contributed by atoms with Crippen LogP contribution >= 0.6 is 30.2 Å². The molecule has 0 fully saturated rings. The lowest BCUT2D eigenvalue weighted by Crippen LogP contribution is -2.40. The van der Waals surface area contributed by atoms with Gasteiger partial charge in [0.2, 0.25) is 0 Å². The molecule has 0 unspecified atom stereocenters. The Balaban J connectivity index is 1.66. The van der Waals surface area contributed by atoms with E-state index in [-0.39, 0.29) is 5.91 Å². The SMILES string of the molecule is O=C(Nc1ccc(Cl)cc1)c1nc(-c2ccccc2)sc1[P+](c1ccccc1)(c1ccccc1)c1ccccc1. The van der Waals surface area contributed by atoms with E-state index in [9.17, 15) is 4.79 Å². The predicted molar refractivity (Wildman–Crippen MR) is 172 cm³/mol. The first-order chi connectivity index (χ1) is 19.7. The van der Waals surface area contributed by atoms with Crippen molar-refractivity contribution in [3.05, 3.63) is 156 Å². The highest BCUT2D eigenvalue weighted by atomic mass is 35.5. The molecule has 194 valence electrons. The molecule has 5 aromatic carbocycles. The quantitative estimate of drug-likeness (QED) is 0.202. The van der Waals surface area contributed by atoms with Crippen molar-refractivity contribution in [2.24, 2.45) is 0 Å². The van der Waals surface area contributed by atoms with E-state index >= 15 is 0 Å². The van der Waals surface area contributed by atoms with Crippen LogP contribution in [0.15, 0.2) is 146 Å². The molecule has 40 heavy (non-hydrogen) atoms. The molecule has 6 aromatic rings. The van der Waals surface area contributed by atoms with E-state index in [1.54, 1.807) is 35.6 Å². The summed E-state index contributed by atoms with van der Waals surface area (Å²) in [5.41, 5.74) is 2.08. The average molecular weight is 576 g/mol. The van der Waals surface area contributed by atoms with Gasteiger partial charge in [-0.2, -0.15) is 0 Å². The lowest BCUT2D eigenvalue weighted by molar-refractivity contribution is 0.102. The van der Waals surface area contributed by atoms with Crippen molar-refractivity contribution in [2.75, 3.05) is 5.32 Å². The number of hydrogen-bond donors (Lipinski definition) is 1. The van der Waals surface area contributed by atoms with Gasteiger partial charge in [0.15, 0.2) is 17.6 Å². The van der Waals surface area contributed by atoms with E-state index in [4.69, 9.17) is 16.6 Å². The zero-order valence-corrected chi connectivity index (χ0v) is 23.9. The summed E-state index contributed by atoms with van der Waals surface area (Å²) in [6.45, 7) is 0.